The van der Waals surface area contributed by atoms with Gasteiger partial charge in [-0.1, -0.05) is 20.8 Å². The molecule has 1 aromatic rings. The summed E-state index contributed by atoms with van der Waals surface area (Å²) in [7, 11) is 0. The van der Waals surface area contributed by atoms with Gasteiger partial charge < -0.3 is 9.30 Å². The number of imidazole rings is 1. The molecule has 0 aromatic carbocycles. The van der Waals surface area contributed by atoms with Gasteiger partial charge in [0.25, 0.3) is 0 Å². The van der Waals surface area contributed by atoms with Gasteiger partial charge in [0.2, 0.25) is 0 Å². The third kappa shape index (κ3) is 3.96. The Bertz CT molecular complexity index is 382. The summed E-state index contributed by atoms with van der Waals surface area (Å²) in [5, 5.41) is 0. The molecule has 3 nitrogen and oxygen atoms in total. The maximum Gasteiger partial charge on any atom is 0.434 e. The molecule has 1 aromatic heterocycles. The van der Waals surface area contributed by atoms with Crippen LogP contribution in [0.5, 0.6) is 0 Å². The number of alkyl halides is 3. The van der Waals surface area contributed by atoms with Crippen LogP contribution in [0, 0.1) is 0 Å². The zero-order valence-corrected chi connectivity index (χ0v) is 11.6. The highest BCUT2D eigenvalue weighted by Gasteiger charge is 2.35. The van der Waals surface area contributed by atoms with Crippen LogP contribution >= 0.6 is 0 Å². The molecule has 1 saturated heterocycles. The van der Waals surface area contributed by atoms with E-state index in [9.17, 15) is 13.2 Å². The molecule has 2 rings (SSSR count). The van der Waals surface area contributed by atoms with Crippen LogP contribution in [0.2, 0.25) is 0 Å². The Kier molecular flexibility index (Phi) is 5.85. The molecule has 0 amide bonds. The van der Waals surface area contributed by atoms with Crippen molar-refractivity contribution < 1.29 is 17.9 Å². The summed E-state index contributed by atoms with van der Waals surface area (Å²) in [5.41, 5.74) is -0.791. The van der Waals surface area contributed by atoms with Gasteiger partial charge >= 0.3 is 6.18 Å². The molecule has 19 heavy (non-hydrogen) atoms. The molecule has 0 unspecified atom stereocenters. The van der Waals surface area contributed by atoms with E-state index in [1.54, 1.807) is 4.57 Å². The number of hydrogen-bond acceptors (Lipinski definition) is 2. The van der Waals surface area contributed by atoms with Crippen molar-refractivity contribution in [3.63, 3.8) is 0 Å². The van der Waals surface area contributed by atoms with Crippen LogP contribution < -0.4 is 0 Å². The molecule has 1 aliphatic rings. The Morgan fingerprint density at radius 1 is 1.32 bits per heavy atom. The van der Waals surface area contributed by atoms with Gasteiger partial charge in [-0.3, -0.25) is 0 Å². The van der Waals surface area contributed by atoms with Crippen molar-refractivity contribution in [3.05, 3.63) is 17.7 Å². The zero-order valence-electron chi connectivity index (χ0n) is 11.6. The molecule has 1 aliphatic heterocycles. The van der Waals surface area contributed by atoms with E-state index in [-0.39, 0.29) is 6.04 Å². The summed E-state index contributed by atoms with van der Waals surface area (Å²) in [6.07, 6.45) is -1.22. The maximum absolute atomic E-state index is 12.6. The molecule has 0 atom stereocenters. The van der Waals surface area contributed by atoms with E-state index in [4.69, 9.17) is 4.74 Å². The normalized spacial score (nSPS) is 16.9. The molecular formula is C13H21F3N2O. The highest BCUT2D eigenvalue weighted by atomic mass is 19.4. The number of aryl methyl sites for hydroxylation is 1. The van der Waals surface area contributed by atoms with E-state index >= 15 is 0 Å². The van der Waals surface area contributed by atoms with E-state index in [1.165, 1.54) is 0 Å². The molecule has 2 heterocycles. The Hall–Kier alpha value is -1.04. The van der Waals surface area contributed by atoms with Crippen LogP contribution in [0.25, 0.3) is 0 Å². The lowest BCUT2D eigenvalue weighted by molar-refractivity contribution is -0.141. The zero-order chi connectivity index (χ0) is 14.5. The van der Waals surface area contributed by atoms with E-state index < -0.39 is 11.9 Å². The number of aromatic nitrogens is 2. The summed E-state index contributed by atoms with van der Waals surface area (Å²) in [6, 6.07) is 0.0855. The molecular weight excluding hydrogens is 257 g/mol. The summed E-state index contributed by atoms with van der Waals surface area (Å²) < 4.78 is 44.6. The van der Waals surface area contributed by atoms with Crippen molar-refractivity contribution in [2.45, 2.75) is 52.3 Å². The standard InChI is InChI=1S/C11H15F3N2O.C2H6/c1-2-10-15-9(11(12,13)14)7-16(10)8-3-5-17-6-4-8;1-2/h7-8H,2-6H2,1H3;1-2H3. The lowest BCUT2D eigenvalue weighted by atomic mass is 10.1. The fraction of sp³-hybridized carbons (Fsp3) is 0.769. The average Bonchev–Trinajstić information content (AvgIpc) is 2.86. The minimum absolute atomic E-state index is 0.0855. The molecule has 0 radical (unpaired) electrons. The Morgan fingerprint density at radius 2 is 1.89 bits per heavy atom. The number of halogens is 3. The van der Waals surface area contributed by atoms with Gasteiger partial charge in [0, 0.05) is 31.9 Å². The summed E-state index contributed by atoms with van der Waals surface area (Å²) in [4.78, 5) is 3.67. The van der Waals surface area contributed by atoms with Crippen LogP contribution in [-0.4, -0.2) is 22.8 Å². The maximum atomic E-state index is 12.6. The average molecular weight is 278 g/mol. The molecule has 0 N–H and O–H groups in total. The fourth-order valence-corrected chi connectivity index (χ4v) is 2.11. The Morgan fingerprint density at radius 3 is 2.37 bits per heavy atom. The third-order valence-corrected chi connectivity index (χ3v) is 3.00. The molecule has 110 valence electrons. The number of hydrogen-bond donors (Lipinski definition) is 0. The third-order valence-electron chi connectivity index (χ3n) is 3.00. The first kappa shape index (κ1) is 16.0. The second-order valence-corrected chi connectivity index (χ2v) is 4.14. The van der Waals surface area contributed by atoms with Gasteiger partial charge in [0.15, 0.2) is 5.69 Å². The smallest absolute Gasteiger partial charge is 0.381 e. The van der Waals surface area contributed by atoms with Crippen LogP contribution in [0.3, 0.4) is 0 Å². The van der Waals surface area contributed by atoms with Crippen LogP contribution in [0.15, 0.2) is 6.20 Å². The number of nitrogens with zero attached hydrogens (tertiary/aromatic N) is 2. The predicted molar refractivity (Wildman–Crippen MR) is 67.0 cm³/mol. The minimum Gasteiger partial charge on any atom is -0.381 e. The molecule has 0 spiro atoms. The van der Waals surface area contributed by atoms with Crippen molar-refractivity contribution in [3.8, 4) is 0 Å². The largest absolute Gasteiger partial charge is 0.434 e. The van der Waals surface area contributed by atoms with E-state index in [0.717, 1.165) is 19.0 Å². The number of rotatable bonds is 2. The summed E-state index contributed by atoms with van der Waals surface area (Å²) in [6.45, 7) is 7.03. The first-order valence-electron chi connectivity index (χ1n) is 6.75. The van der Waals surface area contributed by atoms with Crippen molar-refractivity contribution in [1.82, 2.24) is 9.55 Å². The quantitative estimate of drug-likeness (QED) is 0.821. The first-order valence-corrected chi connectivity index (χ1v) is 6.75. The van der Waals surface area contributed by atoms with Crippen LogP contribution in [-0.2, 0) is 17.3 Å². The topological polar surface area (TPSA) is 27.1 Å². The molecule has 0 bridgehead atoms. The molecule has 0 aliphatic carbocycles. The second kappa shape index (κ2) is 6.93. The van der Waals surface area contributed by atoms with Gasteiger partial charge in [-0.15, -0.1) is 0 Å². The minimum atomic E-state index is -4.36. The van der Waals surface area contributed by atoms with Gasteiger partial charge in [0.1, 0.15) is 5.82 Å². The highest BCUT2D eigenvalue weighted by molar-refractivity contribution is 5.09. The van der Waals surface area contributed by atoms with Gasteiger partial charge in [-0.25, -0.2) is 4.98 Å². The lowest BCUT2D eigenvalue weighted by Crippen LogP contribution is -2.20. The van der Waals surface area contributed by atoms with Crippen molar-refractivity contribution in [2.24, 2.45) is 0 Å². The van der Waals surface area contributed by atoms with E-state index in [2.05, 4.69) is 4.98 Å². The number of ether oxygens (including phenoxy) is 1. The lowest BCUT2D eigenvalue weighted by Gasteiger charge is -2.24. The summed E-state index contributed by atoms with van der Waals surface area (Å²) >= 11 is 0. The van der Waals surface area contributed by atoms with Gasteiger partial charge in [-0.05, 0) is 12.8 Å². The highest BCUT2D eigenvalue weighted by Crippen LogP contribution is 2.31. The summed E-state index contributed by atoms with van der Waals surface area (Å²) in [5.74, 6) is 0.504. The SMILES string of the molecule is CC.CCc1nc(C(F)(F)F)cn1C1CCOCC1. The van der Waals surface area contributed by atoms with Gasteiger partial charge in [0.05, 0.1) is 0 Å². The fourth-order valence-electron chi connectivity index (χ4n) is 2.11. The molecule has 6 heteroatoms. The van der Waals surface area contributed by atoms with Crippen molar-refractivity contribution >= 4 is 0 Å². The molecule has 1 fully saturated rings. The van der Waals surface area contributed by atoms with Crippen LogP contribution in [0.4, 0.5) is 13.2 Å². The monoisotopic (exact) mass is 278 g/mol. The van der Waals surface area contributed by atoms with Crippen molar-refractivity contribution in [2.75, 3.05) is 13.2 Å². The van der Waals surface area contributed by atoms with E-state index in [1.807, 2.05) is 20.8 Å². The predicted octanol–water partition coefficient (Wildman–Crippen LogP) is 3.84. The molecule has 0 saturated carbocycles. The Labute approximate surface area is 111 Å². The first-order chi connectivity index (χ1) is 9.02. The van der Waals surface area contributed by atoms with Crippen molar-refractivity contribution in [1.29, 1.82) is 0 Å². The van der Waals surface area contributed by atoms with Crippen LogP contribution in [0.1, 0.15) is 51.2 Å². The van der Waals surface area contributed by atoms with E-state index in [0.29, 0.717) is 25.5 Å². The Balaban J connectivity index is 0.000000861. The van der Waals surface area contributed by atoms with Gasteiger partial charge in [-0.2, -0.15) is 13.2 Å². The second-order valence-electron chi connectivity index (χ2n) is 4.14.